The summed E-state index contributed by atoms with van der Waals surface area (Å²) in [6.45, 7) is 15.3. The van der Waals surface area contributed by atoms with Crippen molar-refractivity contribution in [1.29, 1.82) is 0 Å². The summed E-state index contributed by atoms with van der Waals surface area (Å²) < 4.78 is 36.4. The van der Waals surface area contributed by atoms with Crippen molar-refractivity contribution in [3.63, 3.8) is 0 Å². The number of nitrogens with two attached hydrogens (primary N) is 1. The zero-order valence-electron chi connectivity index (χ0n) is 24.8. The average Bonchev–Trinajstić information content (AvgIpc) is 2.83. The lowest BCUT2D eigenvalue weighted by Crippen LogP contribution is -2.40. The second-order valence-corrected chi connectivity index (χ2v) is 10.4. The van der Waals surface area contributed by atoms with E-state index in [1.54, 1.807) is 54.5 Å². The van der Waals surface area contributed by atoms with Crippen LogP contribution in [0.4, 0.5) is 14.4 Å². The van der Waals surface area contributed by atoms with Gasteiger partial charge in [0.05, 0.1) is 0 Å². The lowest BCUT2D eigenvalue weighted by Gasteiger charge is -2.24. The maximum atomic E-state index is 12.6. The van der Waals surface area contributed by atoms with Gasteiger partial charge >= 0.3 is 24.4 Å². The molecule has 0 fully saturated rings. The zero-order valence-corrected chi connectivity index (χ0v) is 24.8. The first-order valence-electron chi connectivity index (χ1n) is 13.3. The third-order valence-electron chi connectivity index (χ3n) is 5.53. The summed E-state index contributed by atoms with van der Waals surface area (Å²) in [6.07, 6.45) is -4.11. The Bertz CT molecular complexity index is 1000. The Kier molecular flexibility index (Phi) is 13.7. The molecule has 0 aromatic heterocycles. The Morgan fingerprint density at radius 1 is 0.750 bits per heavy atom. The highest BCUT2D eigenvalue weighted by Crippen LogP contribution is 2.30. The highest BCUT2D eigenvalue weighted by atomic mass is 16.8. The molecular formula is C28H43NO11. The molecule has 2 N–H and O–H groups in total. The molecule has 3 unspecified atom stereocenters. The number of hydrogen-bond donors (Lipinski definition) is 1. The van der Waals surface area contributed by atoms with Gasteiger partial charge in [-0.05, 0) is 85.4 Å². The van der Waals surface area contributed by atoms with Gasteiger partial charge in [0, 0.05) is 0 Å². The van der Waals surface area contributed by atoms with E-state index in [0.717, 1.165) is 0 Å². The molecular weight excluding hydrogens is 526 g/mol. The minimum absolute atomic E-state index is 0.0127. The van der Waals surface area contributed by atoms with Gasteiger partial charge in [-0.1, -0.05) is 19.9 Å². The van der Waals surface area contributed by atoms with Crippen molar-refractivity contribution in [3.8, 4) is 11.5 Å². The third-order valence-corrected chi connectivity index (χ3v) is 5.53. The molecule has 0 amide bonds. The molecule has 0 aliphatic heterocycles. The Labute approximate surface area is 235 Å². The Morgan fingerprint density at radius 3 is 1.75 bits per heavy atom. The van der Waals surface area contributed by atoms with Crippen molar-refractivity contribution in [2.45, 2.75) is 118 Å². The van der Waals surface area contributed by atoms with Crippen LogP contribution in [0.5, 0.6) is 11.5 Å². The molecule has 1 aromatic rings. The molecule has 12 nitrogen and oxygen atoms in total. The summed E-state index contributed by atoms with van der Waals surface area (Å²) in [7, 11) is 0. The quantitative estimate of drug-likeness (QED) is 0.193. The maximum Gasteiger partial charge on any atom is 0.514 e. The Hall–Kier alpha value is -3.54. The molecule has 0 saturated carbocycles. The van der Waals surface area contributed by atoms with Gasteiger partial charge in [-0.3, -0.25) is 4.79 Å². The van der Waals surface area contributed by atoms with Gasteiger partial charge < -0.3 is 38.9 Å². The molecule has 40 heavy (non-hydrogen) atoms. The zero-order chi connectivity index (χ0) is 30.6. The fraction of sp³-hybridized carbons (Fsp3) is 0.643. The first-order valence-corrected chi connectivity index (χ1v) is 13.3. The summed E-state index contributed by atoms with van der Waals surface area (Å²) in [4.78, 5) is 48.9. The molecule has 5 atom stereocenters. The van der Waals surface area contributed by atoms with E-state index in [4.69, 9.17) is 38.9 Å². The maximum absolute atomic E-state index is 12.6. The molecule has 226 valence electrons. The summed E-state index contributed by atoms with van der Waals surface area (Å²) in [6, 6.07) is 3.22. The molecule has 0 spiro atoms. The number of carbonyl (C=O) groups is 4. The first-order chi connectivity index (χ1) is 18.5. The molecule has 0 radical (unpaired) electrons. The smallest absolute Gasteiger partial charge is 0.458 e. The van der Waals surface area contributed by atoms with Crippen molar-refractivity contribution < 1.29 is 52.3 Å². The second kappa shape index (κ2) is 15.9. The van der Waals surface area contributed by atoms with E-state index >= 15 is 0 Å². The monoisotopic (exact) mass is 569 g/mol. The van der Waals surface area contributed by atoms with Crippen molar-refractivity contribution in [2.24, 2.45) is 5.73 Å². The number of carbonyl (C=O) groups excluding carboxylic acids is 4. The largest absolute Gasteiger partial charge is 0.514 e. The molecule has 0 aliphatic rings. The summed E-state index contributed by atoms with van der Waals surface area (Å²) in [5.74, 6) is -0.959. The van der Waals surface area contributed by atoms with Crippen LogP contribution < -0.4 is 15.2 Å². The third kappa shape index (κ3) is 13.0. The molecule has 0 bridgehead atoms. The number of ether oxygens (including phenoxy) is 7. The summed E-state index contributed by atoms with van der Waals surface area (Å²) in [5, 5.41) is 0. The van der Waals surface area contributed by atoms with Gasteiger partial charge in [-0.2, -0.15) is 0 Å². The highest BCUT2D eigenvalue weighted by Gasteiger charge is 2.27. The van der Waals surface area contributed by atoms with Crippen LogP contribution in [-0.4, -0.2) is 60.5 Å². The lowest BCUT2D eigenvalue weighted by atomic mass is 10.1. The molecule has 12 heteroatoms. The van der Waals surface area contributed by atoms with Crippen LogP contribution in [0.25, 0.3) is 0 Å². The Morgan fingerprint density at radius 2 is 1.25 bits per heavy atom. The van der Waals surface area contributed by atoms with Crippen molar-refractivity contribution >= 4 is 24.4 Å². The normalized spacial score (nSPS) is 14.9. The van der Waals surface area contributed by atoms with Crippen molar-refractivity contribution in [3.05, 3.63) is 23.8 Å². The van der Waals surface area contributed by atoms with Crippen molar-refractivity contribution in [1.82, 2.24) is 0 Å². The standard InChI is InChI=1S/C28H43NO11/c1-10-16(3)34-25(31)38-22-13-12-20(15-23(22)39-26(32)35-17(4)11-2)14-21(29)24(30)36-18(5)19(6)37-27(33)40-28(7,8)9/h12-13,15-19,21H,10-11,14,29H2,1-9H3/t16-,17?,18?,19?,21-/m0/s1. The SMILES string of the molecule is CCC(C)OC(=O)Oc1cc(C[C@H](N)C(=O)OC(C)C(C)OC(=O)OC(C)(C)C)ccc1OC(=O)O[C@@H](C)CC. The van der Waals surface area contributed by atoms with Gasteiger partial charge in [0.25, 0.3) is 0 Å². The first kappa shape index (κ1) is 34.5. The highest BCUT2D eigenvalue weighted by molar-refractivity contribution is 5.76. The van der Waals surface area contributed by atoms with E-state index in [9.17, 15) is 19.2 Å². The number of esters is 1. The predicted molar refractivity (Wildman–Crippen MR) is 144 cm³/mol. The van der Waals surface area contributed by atoms with Gasteiger partial charge in [-0.25, -0.2) is 14.4 Å². The van der Waals surface area contributed by atoms with Crippen LogP contribution in [-0.2, 0) is 34.9 Å². The van der Waals surface area contributed by atoms with Crippen molar-refractivity contribution in [2.75, 3.05) is 0 Å². The van der Waals surface area contributed by atoms with Crippen LogP contribution in [0, 0.1) is 0 Å². The average molecular weight is 570 g/mol. The minimum Gasteiger partial charge on any atom is -0.458 e. The lowest BCUT2D eigenvalue weighted by molar-refractivity contribution is -0.156. The van der Waals surface area contributed by atoms with Gasteiger partial charge in [0.1, 0.15) is 36.1 Å². The van der Waals surface area contributed by atoms with Gasteiger partial charge in [0.2, 0.25) is 0 Å². The van der Waals surface area contributed by atoms with E-state index < -0.39 is 54.4 Å². The molecule has 1 rings (SSSR count). The van der Waals surface area contributed by atoms with E-state index in [0.29, 0.717) is 18.4 Å². The predicted octanol–water partition coefficient (Wildman–Crippen LogP) is 5.46. The van der Waals surface area contributed by atoms with E-state index in [-0.39, 0.29) is 24.0 Å². The van der Waals surface area contributed by atoms with E-state index in [1.807, 2.05) is 13.8 Å². The fourth-order valence-electron chi connectivity index (χ4n) is 2.79. The number of benzene rings is 1. The summed E-state index contributed by atoms with van der Waals surface area (Å²) >= 11 is 0. The van der Waals surface area contributed by atoms with E-state index in [2.05, 4.69) is 0 Å². The van der Waals surface area contributed by atoms with Crippen LogP contribution in [0.3, 0.4) is 0 Å². The van der Waals surface area contributed by atoms with E-state index in [1.165, 1.54) is 12.1 Å². The minimum atomic E-state index is -1.11. The van der Waals surface area contributed by atoms with Crippen LogP contribution >= 0.6 is 0 Å². The molecule has 1 aromatic carbocycles. The number of rotatable bonds is 12. The van der Waals surface area contributed by atoms with Gasteiger partial charge in [0.15, 0.2) is 11.5 Å². The molecule has 0 saturated heterocycles. The second-order valence-electron chi connectivity index (χ2n) is 10.4. The number of hydrogen-bond acceptors (Lipinski definition) is 12. The Balaban J connectivity index is 2.95. The van der Waals surface area contributed by atoms with Crippen LogP contribution in [0.15, 0.2) is 18.2 Å². The van der Waals surface area contributed by atoms with Crippen LogP contribution in [0.2, 0.25) is 0 Å². The van der Waals surface area contributed by atoms with Crippen LogP contribution in [0.1, 0.15) is 80.7 Å². The topological polar surface area (TPSA) is 159 Å². The van der Waals surface area contributed by atoms with Gasteiger partial charge in [-0.15, -0.1) is 0 Å². The summed E-state index contributed by atoms with van der Waals surface area (Å²) in [5.41, 5.74) is 5.80. The molecule has 0 aliphatic carbocycles. The fourth-order valence-corrected chi connectivity index (χ4v) is 2.79. The molecule has 0 heterocycles.